The maximum absolute atomic E-state index is 12.5. The lowest BCUT2D eigenvalue weighted by atomic mass is 9.80. The number of sulfonamides is 1. The van der Waals surface area contributed by atoms with Crippen LogP contribution in [0, 0.1) is 11.8 Å². The molecular weight excluding hydrogens is 366 g/mol. The van der Waals surface area contributed by atoms with Gasteiger partial charge in [-0.1, -0.05) is 31.3 Å². The molecule has 152 valence electrons. The number of aliphatic imine (C=N–C) groups is 1. The molecule has 0 amide bonds. The number of nitrogens with one attached hydrogen (secondary N) is 1. The minimum Gasteiger partial charge on any atom is -0.364 e. The molecule has 1 N–H and O–H groups in total. The summed E-state index contributed by atoms with van der Waals surface area (Å²) >= 11 is 0. The topological polar surface area (TPSA) is 91.0 Å². The Balaban J connectivity index is 1.49. The van der Waals surface area contributed by atoms with Gasteiger partial charge in [-0.2, -0.15) is 4.31 Å². The van der Waals surface area contributed by atoms with E-state index in [2.05, 4.69) is 27.3 Å². The molecule has 0 bridgehead atoms. The highest BCUT2D eigenvalue weighted by Crippen LogP contribution is 2.28. The van der Waals surface area contributed by atoms with Crippen molar-refractivity contribution < 1.29 is 12.9 Å². The highest BCUT2D eigenvalue weighted by atomic mass is 32.2. The van der Waals surface area contributed by atoms with E-state index in [1.807, 2.05) is 0 Å². The monoisotopic (exact) mass is 397 g/mol. The second kappa shape index (κ2) is 9.05. The standard InChI is InChI=1S/C18H31N5O3S/c1-15-5-3-4-6-16(15)13-20-18(19-2)22-8-10-23(11-9-22)27(24,25)14-17-7-12-26-21-17/h7,12,15-16H,3-6,8-11,13-14H2,1-2H3,(H,19,20). The molecule has 2 fully saturated rings. The molecule has 1 aliphatic carbocycles. The molecule has 1 aliphatic heterocycles. The van der Waals surface area contributed by atoms with Gasteiger partial charge in [0.2, 0.25) is 10.0 Å². The summed E-state index contributed by atoms with van der Waals surface area (Å²) in [6, 6.07) is 1.59. The van der Waals surface area contributed by atoms with E-state index in [0.717, 1.165) is 18.4 Å². The summed E-state index contributed by atoms with van der Waals surface area (Å²) in [5, 5.41) is 7.22. The number of hydrogen-bond donors (Lipinski definition) is 1. The quantitative estimate of drug-likeness (QED) is 0.598. The summed E-state index contributed by atoms with van der Waals surface area (Å²) in [6.45, 7) is 5.47. The average molecular weight is 398 g/mol. The van der Waals surface area contributed by atoms with E-state index < -0.39 is 10.0 Å². The van der Waals surface area contributed by atoms with Crippen LogP contribution in [0.1, 0.15) is 38.3 Å². The van der Waals surface area contributed by atoms with Crippen molar-refractivity contribution in [2.75, 3.05) is 39.8 Å². The van der Waals surface area contributed by atoms with Crippen molar-refractivity contribution in [1.82, 2.24) is 19.7 Å². The zero-order valence-corrected chi connectivity index (χ0v) is 17.1. The van der Waals surface area contributed by atoms with Crippen molar-refractivity contribution in [3.05, 3.63) is 18.0 Å². The molecule has 1 aromatic heterocycles. The van der Waals surface area contributed by atoms with E-state index >= 15 is 0 Å². The molecule has 2 unspecified atom stereocenters. The number of nitrogens with zero attached hydrogens (tertiary/aromatic N) is 4. The van der Waals surface area contributed by atoms with E-state index in [-0.39, 0.29) is 5.75 Å². The zero-order valence-electron chi connectivity index (χ0n) is 16.3. The van der Waals surface area contributed by atoms with Crippen molar-refractivity contribution >= 4 is 16.0 Å². The zero-order chi connectivity index (χ0) is 19.3. The summed E-state index contributed by atoms with van der Waals surface area (Å²) in [5.74, 6) is 2.21. The normalized spacial score (nSPS) is 25.6. The Kier molecular flexibility index (Phi) is 6.75. The first-order valence-electron chi connectivity index (χ1n) is 9.82. The number of rotatable bonds is 5. The fourth-order valence-corrected chi connectivity index (χ4v) is 5.44. The van der Waals surface area contributed by atoms with Gasteiger partial charge in [-0.3, -0.25) is 4.99 Å². The van der Waals surface area contributed by atoms with Crippen LogP contribution in [0.4, 0.5) is 0 Å². The van der Waals surface area contributed by atoms with Gasteiger partial charge in [0.15, 0.2) is 5.96 Å². The van der Waals surface area contributed by atoms with Crippen molar-refractivity contribution in [1.29, 1.82) is 0 Å². The first kappa shape index (κ1) is 20.1. The third-order valence-corrected chi connectivity index (χ3v) is 7.59. The van der Waals surface area contributed by atoms with Gasteiger partial charge in [0, 0.05) is 45.8 Å². The largest absolute Gasteiger partial charge is 0.364 e. The van der Waals surface area contributed by atoms with E-state index in [1.54, 1.807) is 13.1 Å². The van der Waals surface area contributed by atoms with Gasteiger partial charge in [0.1, 0.15) is 12.0 Å². The third-order valence-electron chi connectivity index (χ3n) is 5.78. The van der Waals surface area contributed by atoms with Crippen LogP contribution in [0.2, 0.25) is 0 Å². The van der Waals surface area contributed by atoms with Crippen molar-refractivity contribution in [2.45, 2.75) is 38.4 Å². The Morgan fingerprint density at radius 2 is 2.04 bits per heavy atom. The molecule has 2 heterocycles. The van der Waals surface area contributed by atoms with Crippen molar-refractivity contribution in [3.63, 3.8) is 0 Å². The molecule has 1 aromatic rings. The lowest BCUT2D eigenvalue weighted by Gasteiger charge is -2.37. The molecule has 2 aliphatic rings. The molecule has 0 radical (unpaired) electrons. The van der Waals surface area contributed by atoms with Crippen LogP contribution >= 0.6 is 0 Å². The first-order valence-corrected chi connectivity index (χ1v) is 11.4. The van der Waals surface area contributed by atoms with E-state index in [4.69, 9.17) is 4.52 Å². The van der Waals surface area contributed by atoms with Gasteiger partial charge < -0.3 is 14.7 Å². The maximum Gasteiger partial charge on any atom is 0.220 e. The summed E-state index contributed by atoms with van der Waals surface area (Å²) in [6.07, 6.45) is 6.65. The second-order valence-electron chi connectivity index (χ2n) is 7.58. The summed E-state index contributed by atoms with van der Waals surface area (Å²) in [5.41, 5.74) is 0.441. The van der Waals surface area contributed by atoms with Gasteiger partial charge in [0.05, 0.1) is 5.69 Å². The van der Waals surface area contributed by atoms with Gasteiger partial charge in [-0.25, -0.2) is 8.42 Å². The molecule has 9 heteroatoms. The average Bonchev–Trinajstić information content (AvgIpc) is 3.16. The van der Waals surface area contributed by atoms with Crippen LogP contribution in [0.15, 0.2) is 21.8 Å². The summed E-state index contributed by atoms with van der Waals surface area (Å²) < 4.78 is 31.4. The Bertz CT molecular complexity index is 711. The molecule has 0 spiro atoms. The molecular formula is C18H31N5O3S. The van der Waals surface area contributed by atoms with Crippen LogP contribution in [-0.2, 0) is 15.8 Å². The van der Waals surface area contributed by atoms with Gasteiger partial charge >= 0.3 is 0 Å². The summed E-state index contributed by atoms with van der Waals surface area (Å²) in [7, 11) is -1.58. The molecule has 3 rings (SSSR count). The minimum absolute atomic E-state index is 0.115. The van der Waals surface area contributed by atoms with Crippen LogP contribution in [-0.4, -0.2) is 68.5 Å². The lowest BCUT2D eigenvalue weighted by Crippen LogP contribution is -2.54. The number of aromatic nitrogens is 1. The molecule has 1 saturated heterocycles. The first-order chi connectivity index (χ1) is 13.0. The molecule has 1 saturated carbocycles. The minimum atomic E-state index is -3.37. The third kappa shape index (κ3) is 5.22. The Morgan fingerprint density at radius 3 is 2.67 bits per heavy atom. The predicted molar refractivity (Wildman–Crippen MR) is 105 cm³/mol. The van der Waals surface area contributed by atoms with Crippen LogP contribution < -0.4 is 5.32 Å². The molecule has 2 atom stereocenters. The molecule has 8 nitrogen and oxygen atoms in total. The smallest absolute Gasteiger partial charge is 0.220 e. The second-order valence-corrected chi connectivity index (χ2v) is 9.55. The number of piperazine rings is 1. The Morgan fingerprint density at radius 1 is 1.30 bits per heavy atom. The number of guanidine groups is 1. The predicted octanol–water partition coefficient (Wildman–Crippen LogP) is 1.52. The highest BCUT2D eigenvalue weighted by molar-refractivity contribution is 7.88. The fourth-order valence-electron chi connectivity index (χ4n) is 4.02. The van der Waals surface area contributed by atoms with Crippen molar-refractivity contribution in [2.24, 2.45) is 16.8 Å². The van der Waals surface area contributed by atoms with E-state index in [0.29, 0.717) is 37.8 Å². The van der Waals surface area contributed by atoms with Crippen LogP contribution in [0.5, 0.6) is 0 Å². The number of hydrogen-bond acceptors (Lipinski definition) is 5. The molecule has 0 aromatic carbocycles. The van der Waals surface area contributed by atoms with E-state index in [9.17, 15) is 8.42 Å². The van der Waals surface area contributed by atoms with Crippen molar-refractivity contribution in [3.8, 4) is 0 Å². The lowest BCUT2D eigenvalue weighted by molar-refractivity contribution is 0.241. The van der Waals surface area contributed by atoms with Crippen LogP contribution in [0.25, 0.3) is 0 Å². The summed E-state index contributed by atoms with van der Waals surface area (Å²) in [4.78, 5) is 6.56. The van der Waals surface area contributed by atoms with Gasteiger partial charge in [-0.15, -0.1) is 0 Å². The molecule has 27 heavy (non-hydrogen) atoms. The Labute approximate surface area is 162 Å². The van der Waals surface area contributed by atoms with Crippen LogP contribution in [0.3, 0.4) is 0 Å². The maximum atomic E-state index is 12.5. The van der Waals surface area contributed by atoms with Gasteiger partial charge in [0.25, 0.3) is 0 Å². The Hall–Kier alpha value is -1.61. The van der Waals surface area contributed by atoms with E-state index in [1.165, 1.54) is 36.3 Å². The SMILES string of the molecule is CN=C(NCC1CCCCC1C)N1CCN(S(=O)(=O)Cc2ccon2)CC1. The highest BCUT2D eigenvalue weighted by Gasteiger charge is 2.29. The van der Waals surface area contributed by atoms with Gasteiger partial charge in [-0.05, 0) is 18.3 Å². The fraction of sp³-hybridized carbons (Fsp3) is 0.778.